The average Bonchev–Trinajstić information content (AvgIpc) is 2.80. The number of aromatic nitrogens is 3. The maximum atomic E-state index is 13.8. The number of hydrogen-bond acceptors (Lipinski definition) is 2. The zero-order valence-corrected chi connectivity index (χ0v) is 13.0. The van der Waals surface area contributed by atoms with E-state index >= 15 is 0 Å². The summed E-state index contributed by atoms with van der Waals surface area (Å²) < 4.78 is 29.6. The van der Waals surface area contributed by atoms with Crippen molar-refractivity contribution in [3.05, 3.63) is 58.0 Å². The van der Waals surface area contributed by atoms with Gasteiger partial charge in [0.15, 0.2) is 5.65 Å². The Bertz CT molecular complexity index is 819. The van der Waals surface area contributed by atoms with Crippen molar-refractivity contribution in [1.29, 1.82) is 0 Å². The van der Waals surface area contributed by atoms with Crippen LogP contribution in [0, 0.1) is 11.6 Å². The molecule has 2 heterocycles. The highest BCUT2D eigenvalue weighted by atomic mass is 79.9. The van der Waals surface area contributed by atoms with Crippen LogP contribution in [0.3, 0.4) is 0 Å². The summed E-state index contributed by atoms with van der Waals surface area (Å²) in [6.45, 7) is 0.122. The third-order valence-electron chi connectivity index (χ3n) is 3.09. The molecule has 0 unspecified atom stereocenters. The molecular formula is C14H9BrClF2N3. The molecule has 0 atom stereocenters. The Balaban J connectivity index is 2.13. The second-order valence-corrected chi connectivity index (χ2v) is 5.66. The van der Waals surface area contributed by atoms with Gasteiger partial charge in [0, 0.05) is 16.2 Å². The van der Waals surface area contributed by atoms with E-state index in [9.17, 15) is 8.78 Å². The van der Waals surface area contributed by atoms with E-state index in [2.05, 4.69) is 25.9 Å². The first-order chi connectivity index (χ1) is 10.1. The number of fused-ring (bicyclic) bond motifs is 1. The normalized spacial score (nSPS) is 11.2. The predicted molar refractivity (Wildman–Crippen MR) is 80.2 cm³/mol. The highest BCUT2D eigenvalue weighted by Gasteiger charge is 2.14. The van der Waals surface area contributed by atoms with Crippen LogP contribution < -0.4 is 0 Å². The van der Waals surface area contributed by atoms with Crippen molar-refractivity contribution in [3.8, 4) is 0 Å². The fourth-order valence-electron chi connectivity index (χ4n) is 2.14. The fourth-order valence-corrected chi connectivity index (χ4v) is 2.66. The Morgan fingerprint density at radius 1 is 1.24 bits per heavy atom. The molecule has 0 aliphatic carbocycles. The SMILES string of the molecule is Fc1ccc(F)c(Cn2c(CCl)nc3cc(Br)cnc32)c1. The Morgan fingerprint density at radius 3 is 2.81 bits per heavy atom. The zero-order chi connectivity index (χ0) is 15.0. The second kappa shape index (κ2) is 5.69. The Kier molecular flexibility index (Phi) is 3.91. The number of rotatable bonds is 3. The van der Waals surface area contributed by atoms with E-state index in [0.29, 0.717) is 17.0 Å². The molecule has 7 heteroatoms. The van der Waals surface area contributed by atoms with E-state index in [1.54, 1.807) is 16.8 Å². The summed E-state index contributed by atoms with van der Waals surface area (Å²) in [4.78, 5) is 8.64. The largest absolute Gasteiger partial charge is 0.307 e. The highest BCUT2D eigenvalue weighted by Crippen LogP contribution is 2.21. The van der Waals surface area contributed by atoms with Gasteiger partial charge < -0.3 is 4.57 Å². The number of hydrogen-bond donors (Lipinski definition) is 0. The van der Waals surface area contributed by atoms with Crippen molar-refractivity contribution in [1.82, 2.24) is 14.5 Å². The summed E-state index contributed by atoms with van der Waals surface area (Å²) in [7, 11) is 0. The molecule has 3 rings (SSSR count). The van der Waals surface area contributed by atoms with Gasteiger partial charge in [0.1, 0.15) is 23.0 Å². The number of benzene rings is 1. The average molecular weight is 373 g/mol. The van der Waals surface area contributed by atoms with Crippen LogP contribution >= 0.6 is 27.5 Å². The smallest absolute Gasteiger partial charge is 0.160 e. The first kappa shape index (κ1) is 14.4. The molecule has 0 aliphatic heterocycles. The Labute approximate surface area is 132 Å². The minimum absolute atomic E-state index is 0.122. The van der Waals surface area contributed by atoms with Crippen LogP contribution in [0.2, 0.25) is 0 Å². The summed E-state index contributed by atoms with van der Waals surface area (Å²) in [6, 6.07) is 5.16. The number of nitrogens with zero attached hydrogens (tertiary/aromatic N) is 3. The van der Waals surface area contributed by atoms with Crippen LogP contribution in [-0.2, 0) is 12.4 Å². The lowest BCUT2D eigenvalue weighted by molar-refractivity contribution is 0.576. The third-order valence-corrected chi connectivity index (χ3v) is 3.76. The zero-order valence-electron chi connectivity index (χ0n) is 10.7. The molecule has 0 radical (unpaired) electrons. The van der Waals surface area contributed by atoms with Crippen LogP contribution in [0.15, 0.2) is 34.9 Å². The standard InChI is InChI=1S/C14H9BrClF2N3/c15-9-4-12-14(19-6-9)21(13(5-16)20-12)7-8-3-10(17)1-2-11(8)18/h1-4,6H,5,7H2. The Hall–Kier alpha value is -1.53. The topological polar surface area (TPSA) is 30.7 Å². The van der Waals surface area contributed by atoms with Crippen LogP contribution in [-0.4, -0.2) is 14.5 Å². The van der Waals surface area contributed by atoms with Crippen molar-refractivity contribution in [2.75, 3.05) is 0 Å². The molecule has 108 valence electrons. The molecule has 0 amide bonds. The summed E-state index contributed by atoms with van der Waals surface area (Å²) in [6.07, 6.45) is 1.63. The number of halogens is 4. The van der Waals surface area contributed by atoms with E-state index in [-0.39, 0.29) is 18.0 Å². The summed E-state index contributed by atoms with van der Waals surface area (Å²) in [5.41, 5.74) is 1.46. The first-order valence-electron chi connectivity index (χ1n) is 6.09. The van der Waals surface area contributed by atoms with Crippen molar-refractivity contribution < 1.29 is 8.78 Å². The van der Waals surface area contributed by atoms with Gasteiger partial charge in [-0.3, -0.25) is 0 Å². The van der Waals surface area contributed by atoms with Gasteiger partial charge in [-0.25, -0.2) is 18.7 Å². The highest BCUT2D eigenvalue weighted by molar-refractivity contribution is 9.10. The van der Waals surface area contributed by atoms with E-state index in [1.165, 1.54) is 0 Å². The van der Waals surface area contributed by atoms with E-state index in [4.69, 9.17) is 11.6 Å². The summed E-state index contributed by atoms with van der Waals surface area (Å²) in [5.74, 6) is -0.249. The first-order valence-corrected chi connectivity index (χ1v) is 7.42. The van der Waals surface area contributed by atoms with Gasteiger partial charge in [-0.1, -0.05) is 0 Å². The minimum atomic E-state index is -0.487. The molecule has 0 saturated heterocycles. The summed E-state index contributed by atoms with van der Waals surface area (Å²) in [5, 5.41) is 0. The number of pyridine rings is 1. The molecule has 21 heavy (non-hydrogen) atoms. The molecule has 0 spiro atoms. The van der Waals surface area contributed by atoms with E-state index < -0.39 is 11.6 Å². The van der Waals surface area contributed by atoms with Gasteiger partial charge in [-0.05, 0) is 40.2 Å². The van der Waals surface area contributed by atoms with Crippen molar-refractivity contribution in [2.24, 2.45) is 0 Å². The predicted octanol–water partition coefficient (Wildman–Crippen LogP) is 4.26. The van der Waals surface area contributed by atoms with Gasteiger partial charge in [0.05, 0.1) is 12.4 Å². The number of alkyl halides is 1. The lowest BCUT2D eigenvalue weighted by atomic mass is 10.2. The molecule has 0 N–H and O–H groups in total. The van der Waals surface area contributed by atoms with Crippen LogP contribution in [0.1, 0.15) is 11.4 Å². The van der Waals surface area contributed by atoms with Crippen LogP contribution in [0.25, 0.3) is 11.2 Å². The van der Waals surface area contributed by atoms with Gasteiger partial charge in [0.25, 0.3) is 0 Å². The van der Waals surface area contributed by atoms with Crippen LogP contribution in [0.4, 0.5) is 8.78 Å². The van der Waals surface area contributed by atoms with Gasteiger partial charge in [0.2, 0.25) is 0 Å². The molecule has 1 aromatic carbocycles. The van der Waals surface area contributed by atoms with Crippen molar-refractivity contribution in [2.45, 2.75) is 12.4 Å². The lowest BCUT2D eigenvalue weighted by Crippen LogP contribution is -2.06. The third kappa shape index (κ3) is 2.78. The lowest BCUT2D eigenvalue weighted by Gasteiger charge is -2.08. The van der Waals surface area contributed by atoms with Crippen LogP contribution in [0.5, 0.6) is 0 Å². The fraction of sp³-hybridized carbons (Fsp3) is 0.143. The molecule has 2 aromatic heterocycles. The van der Waals surface area contributed by atoms with Crippen molar-refractivity contribution in [3.63, 3.8) is 0 Å². The minimum Gasteiger partial charge on any atom is -0.307 e. The molecule has 3 nitrogen and oxygen atoms in total. The van der Waals surface area contributed by atoms with Gasteiger partial charge in [-0.2, -0.15) is 0 Å². The maximum Gasteiger partial charge on any atom is 0.160 e. The van der Waals surface area contributed by atoms with Gasteiger partial charge >= 0.3 is 0 Å². The quantitative estimate of drug-likeness (QED) is 0.643. The number of imidazole rings is 1. The Morgan fingerprint density at radius 2 is 2.05 bits per heavy atom. The molecule has 3 aromatic rings. The van der Waals surface area contributed by atoms with Gasteiger partial charge in [-0.15, -0.1) is 11.6 Å². The summed E-state index contributed by atoms with van der Waals surface area (Å²) >= 11 is 9.21. The molecule has 0 aliphatic rings. The molecule has 0 bridgehead atoms. The van der Waals surface area contributed by atoms with Crippen molar-refractivity contribution >= 4 is 38.7 Å². The van der Waals surface area contributed by atoms with E-state index in [1.807, 2.05) is 0 Å². The molecule has 0 fully saturated rings. The van der Waals surface area contributed by atoms with E-state index in [0.717, 1.165) is 22.7 Å². The molecular weight excluding hydrogens is 364 g/mol. The molecule has 0 saturated carbocycles. The maximum absolute atomic E-state index is 13.8. The second-order valence-electron chi connectivity index (χ2n) is 4.48. The monoisotopic (exact) mass is 371 g/mol.